The SMILES string of the molecule is COc1cc(NCc2ccccc2Br)ccc1F. The Balaban J connectivity index is 2.09. The molecular formula is C14H13BrFNO. The molecule has 0 atom stereocenters. The predicted octanol–water partition coefficient (Wildman–Crippen LogP) is 4.21. The third-order valence-corrected chi connectivity index (χ3v) is 3.37. The first-order chi connectivity index (χ1) is 8.70. The number of nitrogens with one attached hydrogen (secondary N) is 1. The lowest BCUT2D eigenvalue weighted by molar-refractivity contribution is 0.387. The minimum atomic E-state index is -0.357. The predicted molar refractivity (Wildman–Crippen MR) is 74.4 cm³/mol. The van der Waals surface area contributed by atoms with Gasteiger partial charge in [0, 0.05) is 22.8 Å². The minimum absolute atomic E-state index is 0.243. The van der Waals surface area contributed by atoms with E-state index < -0.39 is 0 Å². The summed E-state index contributed by atoms with van der Waals surface area (Å²) in [6.45, 7) is 0.663. The topological polar surface area (TPSA) is 21.3 Å². The van der Waals surface area contributed by atoms with Crippen LogP contribution in [-0.2, 0) is 6.54 Å². The van der Waals surface area contributed by atoms with Gasteiger partial charge in [0.2, 0.25) is 0 Å². The van der Waals surface area contributed by atoms with E-state index in [1.54, 1.807) is 12.1 Å². The summed E-state index contributed by atoms with van der Waals surface area (Å²) < 4.78 is 19.2. The molecule has 0 fully saturated rings. The van der Waals surface area contributed by atoms with Crippen molar-refractivity contribution in [3.8, 4) is 5.75 Å². The second-order valence-electron chi connectivity index (χ2n) is 3.79. The number of anilines is 1. The van der Waals surface area contributed by atoms with Gasteiger partial charge in [-0.2, -0.15) is 0 Å². The van der Waals surface area contributed by atoms with E-state index in [4.69, 9.17) is 4.74 Å². The fraction of sp³-hybridized carbons (Fsp3) is 0.143. The molecule has 0 amide bonds. The molecule has 0 heterocycles. The summed E-state index contributed by atoms with van der Waals surface area (Å²) >= 11 is 3.48. The van der Waals surface area contributed by atoms with E-state index in [9.17, 15) is 4.39 Å². The maximum Gasteiger partial charge on any atom is 0.165 e. The van der Waals surface area contributed by atoms with Gasteiger partial charge in [-0.1, -0.05) is 34.1 Å². The highest BCUT2D eigenvalue weighted by Gasteiger charge is 2.04. The monoisotopic (exact) mass is 309 g/mol. The van der Waals surface area contributed by atoms with Crippen molar-refractivity contribution in [1.82, 2.24) is 0 Å². The van der Waals surface area contributed by atoms with Crippen molar-refractivity contribution in [2.75, 3.05) is 12.4 Å². The molecule has 2 nitrogen and oxygen atoms in total. The zero-order chi connectivity index (χ0) is 13.0. The summed E-state index contributed by atoms with van der Waals surface area (Å²) in [5.74, 6) is -0.115. The molecule has 0 aliphatic carbocycles. The first kappa shape index (κ1) is 12.9. The quantitative estimate of drug-likeness (QED) is 0.913. The Morgan fingerprint density at radius 1 is 1.22 bits per heavy atom. The summed E-state index contributed by atoms with van der Waals surface area (Å²) in [5.41, 5.74) is 1.96. The van der Waals surface area contributed by atoms with E-state index in [2.05, 4.69) is 21.2 Å². The molecule has 0 saturated heterocycles. The van der Waals surface area contributed by atoms with Gasteiger partial charge in [0.1, 0.15) is 0 Å². The molecule has 1 N–H and O–H groups in total. The van der Waals surface area contributed by atoms with Crippen LogP contribution in [0.5, 0.6) is 5.75 Å². The van der Waals surface area contributed by atoms with Crippen LogP contribution in [0.3, 0.4) is 0 Å². The van der Waals surface area contributed by atoms with Crippen LogP contribution in [0, 0.1) is 5.82 Å². The number of ether oxygens (including phenoxy) is 1. The molecule has 0 aliphatic heterocycles. The van der Waals surface area contributed by atoms with E-state index in [1.807, 2.05) is 24.3 Å². The Morgan fingerprint density at radius 3 is 2.72 bits per heavy atom. The van der Waals surface area contributed by atoms with Crippen LogP contribution >= 0.6 is 15.9 Å². The van der Waals surface area contributed by atoms with Crippen LogP contribution < -0.4 is 10.1 Å². The zero-order valence-electron chi connectivity index (χ0n) is 9.91. The van der Waals surface area contributed by atoms with E-state index in [0.717, 1.165) is 15.7 Å². The van der Waals surface area contributed by atoms with Crippen molar-refractivity contribution >= 4 is 21.6 Å². The average molecular weight is 310 g/mol. The summed E-state index contributed by atoms with van der Waals surface area (Å²) in [6, 6.07) is 12.7. The highest BCUT2D eigenvalue weighted by atomic mass is 79.9. The molecule has 0 bridgehead atoms. The second kappa shape index (κ2) is 5.87. The summed E-state index contributed by atoms with van der Waals surface area (Å²) in [4.78, 5) is 0. The highest BCUT2D eigenvalue weighted by molar-refractivity contribution is 9.10. The van der Waals surface area contributed by atoms with Crippen LogP contribution in [0.25, 0.3) is 0 Å². The zero-order valence-corrected chi connectivity index (χ0v) is 11.5. The Labute approximate surface area is 114 Å². The Morgan fingerprint density at radius 2 is 2.00 bits per heavy atom. The molecule has 0 saturated carbocycles. The van der Waals surface area contributed by atoms with Crippen LogP contribution in [-0.4, -0.2) is 7.11 Å². The van der Waals surface area contributed by atoms with Crippen molar-refractivity contribution in [3.05, 3.63) is 58.3 Å². The van der Waals surface area contributed by atoms with Crippen molar-refractivity contribution in [2.45, 2.75) is 6.54 Å². The van der Waals surface area contributed by atoms with Gasteiger partial charge in [0.15, 0.2) is 11.6 Å². The third kappa shape index (κ3) is 3.01. The molecule has 18 heavy (non-hydrogen) atoms. The molecule has 0 spiro atoms. The van der Waals surface area contributed by atoms with E-state index in [1.165, 1.54) is 13.2 Å². The fourth-order valence-electron chi connectivity index (χ4n) is 1.61. The van der Waals surface area contributed by atoms with E-state index in [-0.39, 0.29) is 11.6 Å². The standard InChI is InChI=1S/C14H13BrFNO/c1-18-14-8-11(6-7-13(14)16)17-9-10-4-2-3-5-12(10)15/h2-8,17H,9H2,1H3. The molecule has 2 aromatic carbocycles. The van der Waals surface area contributed by atoms with E-state index >= 15 is 0 Å². The highest BCUT2D eigenvalue weighted by Crippen LogP contribution is 2.23. The number of rotatable bonds is 4. The van der Waals surface area contributed by atoms with Crippen LogP contribution in [0.2, 0.25) is 0 Å². The van der Waals surface area contributed by atoms with Crippen LogP contribution in [0.15, 0.2) is 46.9 Å². The maximum atomic E-state index is 13.2. The number of halogens is 2. The van der Waals surface area contributed by atoms with Crippen molar-refractivity contribution in [2.24, 2.45) is 0 Å². The molecule has 4 heteroatoms. The third-order valence-electron chi connectivity index (χ3n) is 2.59. The summed E-state index contributed by atoms with van der Waals surface area (Å²) in [7, 11) is 1.45. The average Bonchev–Trinajstić information content (AvgIpc) is 2.39. The lowest BCUT2D eigenvalue weighted by atomic mass is 10.2. The number of methoxy groups -OCH3 is 1. The molecule has 2 aromatic rings. The molecule has 0 unspecified atom stereocenters. The van der Waals surface area contributed by atoms with Gasteiger partial charge < -0.3 is 10.1 Å². The van der Waals surface area contributed by atoms with Crippen molar-refractivity contribution in [3.63, 3.8) is 0 Å². The Hall–Kier alpha value is -1.55. The molecule has 94 valence electrons. The van der Waals surface area contributed by atoms with Gasteiger partial charge in [-0.25, -0.2) is 4.39 Å². The van der Waals surface area contributed by atoms with Gasteiger partial charge >= 0.3 is 0 Å². The first-order valence-electron chi connectivity index (χ1n) is 5.51. The van der Waals surface area contributed by atoms with Gasteiger partial charge in [-0.15, -0.1) is 0 Å². The molecule has 2 rings (SSSR count). The van der Waals surface area contributed by atoms with Crippen LogP contribution in [0.1, 0.15) is 5.56 Å². The van der Waals surface area contributed by atoms with Gasteiger partial charge in [-0.05, 0) is 23.8 Å². The normalized spacial score (nSPS) is 10.2. The molecule has 0 aliphatic rings. The Bertz CT molecular complexity index is 545. The smallest absolute Gasteiger partial charge is 0.165 e. The molecular weight excluding hydrogens is 297 g/mol. The van der Waals surface area contributed by atoms with Gasteiger partial charge in [-0.3, -0.25) is 0 Å². The first-order valence-corrected chi connectivity index (χ1v) is 6.31. The van der Waals surface area contributed by atoms with Gasteiger partial charge in [0.25, 0.3) is 0 Å². The lowest BCUT2D eigenvalue weighted by Gasteiger charge is -2.10. The Kier molecular flexibility index (Phi) is 4.20. The number of hydrogen-bond acceptors (Lipinski definition) is 2. The van der Waals surface area contributed by atoms with Crippen LogP contribution in [0.4, 0.5) is 10.1 Å². The number of hydrogen-bond donors (Lipinski definition) is 1. The lowest BCUT2D eigenvalue weighted by Crippen LogP contribution is -2.00. The van der Waals surface area contributed by atoms with E-state index in [0.29, 0.717) is 6.54 Å². The van der Waals surface area contributed by atoms with Crippen molar-refractivity contribution < 1.29 is 9.13 Å². The summed E-state index contributed by atoms with van der Waals surface area (Å²) in [6.07, 6.45) is 0. The largest absolute Gasteiger partial charge is 0.494 e. The second-order valence-corrected chi connectivity index (χ2v) is 4.65. The summed E-state index contributed by atoms with van der Waals surface area (Å²) in [5, 5.41) is 3.23. The van der Waals surface area contributed by atoms with Gasteiger partial charge in [0.05, 0.1) is 7.11 Å². The fourth-order valence-corrected chi connectivity index (χ4v) is 2.03. The number of benzene rings is 2. The minimum Gasteiger partial charge on any atom is -0.494 e. The maximum absolute atomic E-state index is 13.2. The molecule has 0 aromatic heterocycles. The van der Waals surface area contributed by atoms with Crippen molar-refractivity contribution in [1.29, 1.82) is 0 Å². The molecule has 0 radical (unpaired) electrons.